The summed E-state index contributed by atoms with van der Waals surface area (Å²) in [6, 6.07) is -0.807. The van der Waals surface area contributed by atoms with Crippen molar-refractivity contribution in [1.82, 2.24) is 37.2 Å². The Morgan fingerprint density at radius 2 is 1.24 bits per heavy atom. The van der Waals surface area contributed by atoms with Crippen molar-refractivity contribution in [3.05, 3.63) is 35.9 Å². The third-order valence-corrected chi connectivity index (χ3v) is 10.1. The third kappa shape index (κ3) is 19.7. The lowest BCUT2D eigenvalue weighted by Crippen LogP contribution is -2.60. The first-order valence-electron chi connectivity index (χ1n) is 19.9. The molecule has 0 saturated heterocycles. The molecule has 1 aromatic carbocycles. The first-order chi connectivity index (χ1) is 29.1. The fraction of sp³-hybridized carbons (Fsp3) is 0.590. The highest BCUT2D eigenvalue weighted by atomic mass is 32.2. The summed E-state index contributed by atoms with van der Waals surface area (Å²) in [6.07, 6.45) is 0.418. The van der Waals surface area contributed by atoms with Crippen molar-refractivity contribution >= 4 is 71.0 Å². The molecule has 8 atom stereocenters. The minimum atomic E-state index is -1.77. The summed E-state index contributed by atoms with van der Waals surface area (Å²) in [4.78, 5) is 127. The molecule has 0 spiro atoms. The summed E-state index contributed by atoms with van der Waals surface area (Å²) in [7, 11) is 0. The van der Waals surface area contributed by atoms with Gasteiger partial charge >= 0.3 is 11.9 Å². The number of nitrogens with one attached hydrogen (secondary N) is 7. The number of carbonyl (C=O) groups excluding carboxylic acids is 8. The van der Waals surface area contributed by atoms with E-state index in [4.69, 9.17) is 11.5 Å². The molecular weight excluding hydrogens is 835 g/mol. The minimum absolute atomic E-state index is 0.0237. The fourth-order valence-corrected chi connectivity index (χ4v) is 6.15. The molecule has 0 fully saturated rings. The van der Waals surface area contributed by atoms with E-state index in [2.05, 4.69) is 31.9 Å². The van der Waals surface area contributed by atoms with Crippen molar-refractivity contribution in [3.8, 4) is 0 Å². The van der Waals surface area contributed by atoms with Crippen LogP contribution in [0.1, 0.15) is 65.4 Å². The number of hydrogen-bond donors (Lipinski definition) is 12. The molecule has 346 valence electrons. The van der Waals surface area contributed by atoms with Gasteiger partial charge in [0, 0.05) is 6.42 Å². The summed E-state index contributed by atoms with van der Waals surface area (Å²) in [5.41, 5.74) is 12.1. The Morgan fingerprint density at radius 1 is 0.694 bits per heavy atom. The van der Waals surface area contributed by atoms with Crippen LogP contribution >= 0.6 is 11.8 Å². The molecule has 0 aliphatic carbocycles. The number of carboxylic acids is 2. The number of carbonyl (C=O) groups is 10. The number of benzene rings is 1. The van der Waals surface area contributed by atoms with Crippen molar-refractivity contribution in [2.75, 3.05) is 25.2 Å². The first-order valence-corrected chi connectivity index (χ1v) is 21.3. The van der Waals surface area contributed by atoms with E-state index in [0.29, 0.717) is 12.2 Å². The van der Waals surface area contributed by atoms with Crippen LogP contribution in [0.2, 0.25) is 0 Å². The lowest BCUT2D eigenvalue weighted by molar-refractivity contribution is -0.143. The number of rotatable bonds is 29. The molecule has 14 N–H and O–H groups in total. The Bertz CT molecular complexity index is 1720. The van der Waals surface area contributed by atoms with Crippen LogP contribution in [-0.4, -0.2) is 142 Å². The number of carboxylic acid groups (broad SMARTS) is 2. The van der Waals surface area contributed by atoms with E-state index < -0.39 is 146 Å². The molecular formula is C39H61N9O13S. The van der Waals surface area contributed by atoms with Crippen molar-refractivity contribution in [1.29, 1.82) is 0 Å². The average molecular weight is 896 g/mol. The van der Waals surface area contributed by atoms with Crippen LogP contribution in [0.15, 0.2) is 30.3 Å². The maximum atomic E-state index is 13.8. The summed E-state index contributed by atoms with van der Waals surface area (Å²) in [5.74, 6) is -10.9. The van der Waals surface area contributed by atoms with Crippen molar-refractivity contribution < 1.29 is 63.3 Å². The van der Waals surface area contributed by atoms with Gasteiger partial charge < -0.3 is 64.0 Å². The third-order valence-electron chi connectivity index (χ3n) is 9.48. The monoisotopic (exact) mass is 895 g/mol. The number of nitrogens with two attached hydrogens (primary N) is 2. The number of thioether (sulfide) groups is 1. The van der Waals surface area contributed by atoms with Gasteiger partial charge in [-0.3, -0.25) is 43.2 Å². The van der Waals surface area contributed by atoms with Crippen LogP contribution in [0.3, 0.4) is 0 Å². The molecule has 8 amide bonds. The second-order valence-electron chi connectivity index (χ2n) is 14.8. The largest absolute Gasteiger partial charge is 0.481 e. The van der Waals surface area contributed by atoms with Gasteiger partial charge in [0.2, 0.25) is 47.3 Å². The fourth-order valence-electron chi connectivity index (χ4n) is 5.68. The van der Waals surface area contributed by atoms with Gasteiger partial charge in [-0.2, -0.15) is 11.8 Å². The minimum Gasteiger partial charge on any atom is -0.481 e. The van der Waals surface area contributed by atoms with Gasteiger partial charge in [0.05, 0.1) is 25.6 Å². The second kappa shape index (κ2) is 27.9. The zero-order valence-electron chi connectivity index (χ0n) is 35.4. The number of primary amides is 1. The maximum absolute atomic E-state index is 13.8. The lowest BCUT2D eigenvalue weighted by Gasteiger charge is -2.29. The van der Waals surface area contributed by atoms with Crippen molar-refractivity contribution in [2.24, 2.45) is 23.3 Å². The quantitative estimate of drug-likeness (QED) is 0.0378. The number of aliphatic hydroxyl groups is 1. The Labute approximate surface area is 363 Å². The average Bonchev–Trinajstić information content (AvgIpc) is 3.21. The second-order valence-corrected chi connectivity index (χ2v) is 15.8. The zero-order chi connectivity index (χ0) is 47.1. The Balaban J connectivity index is 3.17. The van der Waals surface area contributed by atoms with Crippen LogP contribution in [0.4, 0.5) is 0 Å². The molecule has 0 heterocycles. The van der Waals surface area contributed by atoms with Gasteiger partial charge in [0.1, 0.15) is 36.3 Å². The predicted octanol–water partition coefficient (Wildman–Crippen LogP) is -3.15. The Kier molecular flexibility index (Phi) is 24.4. The van der Waals surface area contributed by atoms with Crippen molar-refractivity contribution in [3.63, 3.8) is 0 Å². The first kappa shape index (κ1) is 54.2. The van der Waals surface area contributed by atoms with Gasteiger partial charge in [-0.15, -0.1) is 0 Å². The van der Waals surface area contributed by atoms with Crippen LogP contribution < -0.4 is 48.7 Å². The number of hydrogen-bond acceptors (Lipinski definition) is 13. The van der Waals surface area contributed by atoms with E-state index >= 15 is 0 Å². The highest BCUT2D eigenvalue weighted by molar-refractivity contribution is 7.98. The van der Waals surface area contributed by atoms with E-state index in [9.17, 15) is 63.3 Å². The van der Waals surface area contributed by atoms with E-state index in [-0.39, 0.29) is 12.8 Å². The summed E-state index contributed by atoms with van der Waals surface area (Å²) in [5, 5.41) is 44.6. The van der Waals surface area contributed by atoms with Crippen molar-refractivity contribution in [2.45, 2.75) is 109 Å². The van der Waals surface area contributed by atoms with E-state index in [0.717, 1.165) is 5.56 Å². The van der Waals surface area contributed by atoms with Crippen LogP contribution in [-0.2, 0) is 54.4 Å². The molecule has 62 heavy (non-hydrogen) atoms. The van der Waals surface area contributed by atoms with E-state index in [1.165, 1.54) is 11.8 Å². The standard InChI is InChI=1S/C39H61N9O13S/c1-6-21(4)32(38(59)44-25(14-15-62-5)34(55)45-26(17-28(41)50)36(57)46-27(19-49)39(60)61)48-35(56)24(12-13-30(52)53)43-29(51)18-42-37(58)31(20(2)3)47-33(54)23(40)16-22-10-8-7-9-11-22/h7-11,20-21,23-27,31-32,49H,6,12-19,40H2,1-5H3,(H2,41,50)(H,42,58)(H,43,51)(H,44,59)(H,45,55)(H,46,57)(H,47,54)(H,48,56)(H,52,53)(H,60,61). The molecule has 0 radical (unpaired) electrons. The SMILES string of the molecule is CCC(C)C(NC(=O)C(CCC(=O)O)NC(=O)CNC(=O)C(NC(=O)C(N)Cc1ccccc1)C(C)C)C(=O)NC(CCSC)C(=O)NC(CC(N)=O)C(=O)NC(CO)C(=O)O. The van der Waals surface area contributed by atoms with Crippen LogP contribution in [0.5, 0.6) is 0 Å². The molecule has 0 aliphatic heterocycles. The number of amides is 8. The highest BCUT2D eigenvalue weighted by Crippen LogP contribution is 2.12. The van der Waals surface area contributed by atoms with Crippen LogP contribution in [0.25, 0.3) is 0 Å². The molecule has 0 aromatic heterocycles. The van der Waals surface area contributed by atoms with Crippen LogP contribution in [0, 0.1) is 11.8 Å². The smallest absolute Gasteiger partial charge is 0.328 e. The summed E-state index contributed by atoms with van der Waals surface area (Å²) < 4.78 is 0. The molecule has 0 bridgehead atoms. The zero-order valence-corrected chi connectivity index (χ0v) is 36.3. The summed E-state index contributed by atoms with van der Waals surface area (Å²) >= 11 is 1.30. The number of aliphatic carboxylic acids is 2. The molecule has 22 nitrogen and oxygen atoms in total. The topological polar surface area (TPSA) is 368 Å². The molecule has 0 aliphatic rings. The molecule has 0 saturated carbocycles. The maximum Gasteiger partial charge on any atom is 0.328 e. The van der Waals surface area contributed by atoms with Gasteiger partial charge in [-0.05, 0) is 48.7 Å². The van der Waals surface area contributed by atoms with Gasteiger partial charge in [0.15, 0.2) is 0 Å². The van der Waals surface area contributed by atoms with Gasteiger partial charge in [-0.1, -0.05) is 64.4 Å². The van der Waals surface area contributed by atoms with Gasteiger partial charge in [-0.25, -0.2) is 4.79 Å². The molecule has 1 rings (SSSR count). The summed E-state index contributed by atoms with van der Waals surface area (Å²) in [6.45, 7) is 4.95. The van der Waals surface area contributed by atoms with E-state index in [1.54, 1.807) is 58.2 Å². The molecule has 1 aromatic rings. The highest BCUT2D eigenvalue weighted by Gasteiger charge is 2.35. The molecule has 23 heteroatoms. The Hall–Kier alpha value is -5.81. The van der Waals surface area contributed by atoms with Gasteiger partial charge in [0.25, 0.3) is 0 Å². The molecule has 8 unspecified atom stereocenters. The number of aliphatic hydroxyl groups excluding tert-OH is 1. The lowest BCUT2D eigenvalue weighted by atomic mass is 9.97. The Morgan fingerprint density at radius 3 is 1.77 bits per heavy atom. The normalized spacial score (nSPS) is 14.8. The van der Waals surface area contributed by atoms with E-state index in [1.807, 2.05) is 11.4 Å². The predicted molar refractivity (Wildman–Crippen MR) is 225 cm³/mol.